The fraction of sp³-hybridized carbons (Fsp3) is 0.579. The van der Waals surface area contributed by atoms with Crippen molar-refractivity contribution in [1.29, 1.82) is 0 Å². The third-order valence-electron chi connectivity index (χ3n) is 4.40. The van der Waals surface area contributed by atoms with Crippen LogP contribution in [0.15, 0.2) is 23.4 Å². The van der Waals surface area contributed by atoms with Gasteiger partial charge in [-0.3, -0.25) is 4.79 Å². The molecule has 1 amide bonds. The first-order valence-electron chi connectivity index (χ1n) is 8.85. The predicted octanol–water partition coefficient (Wildman–Crippen LogP) is 3.28. The summed E-state index contributed by atoms with van der Waals surface area (Å²) in [6.45, 7) is 1.71. The number of hydrogen-bond donors (Lipinski definition) is 1. The molecule has 1 aromatic rings. The normalized spacial score (nSPS) is 16.9. The van der Waals surface area contributed by atoms with Crippen LogP contribution < -0.4 is 14.8 Å². The van der Waals surface area contributed by atoms with Crippen molar-refractivity contribution >= 4 is 12.1 Å². The molecule has 0 spiro atoms. The summed E-state index contributed by atoms with van der Waals surface area (Å²) < 4.78 is 10.4. The summed E-state index contributed by atoms with van der Waals surface area (Å²) in [5.41, 5.74) is 0.800. The molecule has 1 N–H and O–H groups in total. The number of methoxy groups -OCH3 is 2. The molecule has 138 valence electrons. The molecule has 1 aliphatic carbocycles. The second-order valence-electron chi connectivity index (χ2n) is 6.29. The van der Waals surface area contributed by atoms with Crippen LogP contribution >= 0.6 is 0 Å². The molecule has 2 rings (SSSR count). The minimum Gasteiger partial charge on any atom is -0.493 e. The number of benzene rings is 1. The van der Waals surface area contributed by atoms with Crippen molar-refractivity contribution in [3.8, 4) is 11.5 Å². The highest BCUT2D eigenvalue weighted by atomic mass is 16.6. The van der Waals surface area contributed by atoms with E-state index in [-0.39, 0.29) is 11.9 Å². The van der Waals surface area contributed by atoms with Gasteiger partial charge in [0.25, 0.3) is 5.91 Å². The number of carbonyl (C=O) groups is 1. The smallest absolute Gasteiger partial charge is 0.263 e. The summed E-state index contributed by atoms with van der Waals surface area (Å²) in [6.07, 6.45) is 7.90. The number of rotatable bonds is 7. The van der Waals surface area contributed by atoms with Gasteiger partial charge in [-0.2, -0.15) is 0 Å². The largest absolute Gasteiger partial charge is 0.493 e. The molecule has 6 nitrogen and oxygen atoms in total. The zero-order chi connectivity index (χ0) is 18.1. The molecule has 0 aromatic heterocycles. The van der Waals surface area contributed by atoms with E-state index in [1.165, 1.54) is 25.7 Å². The Morgan fingerprint density at radius 3 is 2.48 bits per heavy atom. The highest BCUT2D eigenvalue weighted by Gasteiger charge is 2.19. The van der Waals surface area contributed by atoms with Crippen LogP contribution in [-0.4, -0.2) is 38.5 Å². The summed E-state index contributed by atoms with van der Waals surface area (Å²) in [5.74, 6) is 1.15. The number of nitrogens with zero attached hydrogens (tertiary/aromatic N) is 1. The van der Waals surface area contributed by atoms with E-state index in [1.807, 2.05) is 6.07 Å². The van der Waals surface area contributed by atoms with Gasteiger partial charge < -0.3 is 19.6 Å². The molecular weight excluding hydrogens is 320 g/mol. The van der Waals surface area contributed by atoms with Gasteiger partial charge in [-0.1, -0.05) is 30.8 Å². The van der Waals surface area contributed by atoms with Crippen LogP contribution in [-0.2, 0) is 9.63 Å². The molecule has 0 radical (unpaired) electrons. The first-order valence-corrected chi connectivity index (χ1v) is 8.85. The van der Waals surface area contributed by atoms with Gasteiger partial charge in [0.1, 0.15) is 0 Å². The summed E-state index contributed by atoms with van der Waals surface area (Å²) in [4.78, 5) is 17.5. The average molecular weight is 348 g/mol. The van der Waals surface area contributed by atoms with E-state index in [0.717, 1.165) is 18.4 Å². The molecule has 25 heavy (non-hydrogen) atoms. The molecule has 0 aliphatic heterocycles. The predicted molar refractivity (Wildman–Crippen MR) is 97.3 cm³/mol. The van der Waals surface area contributed by atoms with E-state index < -0.39 is 6.10 Å². The molecule has 1 atom stereocenters. The number of amides is 1. The van der Waals surface area contributed by atoms with Crippen LogP contribution in [0, 0.1) is 0 Å². The van der Waals surface area contributed by atoms with E-state index in [4.69, 9.17) is 14.3 Å². The molecule has 1 saturated carbocycles. The fourth-order valence-corrected chi connectivity index (χ4v) is 2.91. The van der Waals surface area contributed by atoms with Crippen molar-refractivity contribution in [3.63, 3.8) is 0 Å². The van der Waals surface area contributed by atoms with Crippen molar-refractivity contribution < 1.29 is 19.1 Å². The number of hydrogen-bond acceptors (Lipinski definition) is 5. The summed E-state index contributed by atoms with van der Waals surface area (Å²) >= 11 is 0. The molecule has 0 bridgehead atoms. The van der Waals surface area contributed by atoms with Gasteiger partial charge in [0.05, 0.1) is 20.4 Å². The second kappa shape index (κ2) is 9.91. The summed E-state index contributed by atoms with van der Waals surface area (Å²) in [7, 11) is 3.17. The van der Waals surface area contributed by atoms with Crippen molar-refractivity contribution in [2.75, 3.05) is 14.2 Å². The third-order valence-corrected chi connectivity index (χ3v) is 4.40. The van der Waals surface area contributed by atoms with E-state index in [0.29, 0.717) is 11.5 Å². The van der Waals surface area contributed by atoms with Crippen LogP contribution in [0.25, 0.3) is 0 Å². The lowest BCUT2D eigenvalue weighted by atomic mass is 10.1. The van der Waals surface area contributed by atoms with E-state index in [2.05, 4.69) is 10.5 Å². The minimum atomic E-state index is -0.625. The lowest BCUT2D eigenvalue weighted by Gasteiger charge is -2.18. The Bertz CT molecular complexity index is 581. The maximum absolute atomic E-state index is 12.2. The standard InChI is InChI=1S/C19H28N2O4/c1-14(19(22)21-16-8-6-4-5-7-9-16)25-20-13-15-10-11-17(23-2)18(12-15)24-3/h10-14,16H,4-9H2,1-3H3,(H,21,22)/b20-13+. The average Bonchev–Trinajstić information content (AvgIpc) is 2.90. The quantitative estimate of drug-likeness (QED) is 0.466. The Balaban J connectivity index is 1.84. The molecule has 1 unspecified atom stereocenters. The zero-order valence-electron chi connectivity index (χ0n) is 15.3. The topological polar surface area (TPSA) is 69.2 Å². The lowest BCUT2D eigenvalue weighted by molar-refractivity contribution is -0.132. The van der Waals surface area contributed by atoms with Crippen molar-refractivity contribution in [1.82, 2.24) is 5.32 Å². The van der Waals surface area contributed by atoms with E-state index in [1.54, 1.807) is 39.5 Å². The van der Waals surface area contributed by atoms with Gasteiger partial charge in [0.15, 0.2) is 11.5 Å². The second-order valence-corrected chi connectivity index (χ2v) is 6.29. The monoisotopic (exact) mass is 348 g/mol. The molecule has 0 saturated heterocycles. The van der Waals surface area contributed by atoms with Crippen LogP contribution in [0.4, 0.5) is 0 Å². The van der Waals surface area contributed by atoms with Gasteiger partial charge in [-0.05, 0) is 38.0 Å². The van der Waals surface area contributed by atoms with Crippen molar-refractivity contribution in [2.24, 2.45) is 5.16 Å². The highest BCUT2D eigenvalue weighted by molar-refractivity contribution is 5.82. The summed E-state index contributed by atoms with van der Waals surface area (Å²) in [6, 6.07) is 5.69. The minimum absolute atomic E-state index is 0.114. The van der Waals surface area contributed by atoms with Crippen LogP contribution in [0.5, 0.6) is 11.5 Å². The summed E-state index contributed by atoms with van der Waals surface area (Å²) in [5, 5.41) is 6.99. The van der Waals surface area contributed by atoms with Crippen LogP contribution in [0.3, 0.4) is 0 Å². The van der Waals surface area contributed by atoms with Gasteiger partial charge in [0, 0.05) is 11.6 Å². The van der Waals surface area contributed by atoms with Crippen LogP contribution in [0.1, 0.15) is 51.0 Å². The van der Waals surface area contributed by atoms with Crippen LogP contribution in [0.2, 0.25) is 0 Å². The Morgan fingerprint density at radius 1 is 1.16 bits per heavy atom. The molecule has 6 heteroatoms. The Morgan fingerprint density at radius 2 is 1.84 bits per heavy atom. The lowest BCUT2D eigenvalue weighted by Crippen LogP contribution is -2.40. The first-order chi connectivity index (χ1) is 12.1. The first kappa shape index (κ1) is 19.1. The molecule has 0 heterocycles. The molecular formula is C19H28N2O4. The van der Waals surface area contributed by atoms with Gasteiger partial charge in [0.2, 0.25) is 6.10 Å². The maximum Gasteiger partial charge on any atom is 0.263 e. The maximum atomic E-state index is 12.2. The number of nitrogens with one attached hydrogen (secondary N) is 1. The highest BCUT2D eigenvalue weighted by Crippen LogP contribution is 2.26. The van der Waals surface area contributed by atoms with Crippen molar-refractivity contribution in [2.45, 2.75) is 57.6 Å². The Kier molecular flexibility index (Phi) is 7.57. The molecule has 1 aliphatic rings. The Labute approximate surface area is 149 Å². The third kappa shape index (κ3) is 5.96. The number of ether oxygens (including phenoxy) is 2. The molecule has 1 aromatic carbocycles. The van der Waals surface area contributed by atoms with Gasteiger partial charge in [-0.25, -0.2) is 0 Å². The van der Waals surface area contributed by atoms with E-state index in [9.17, 15) is 4.79 Å². The fourth-order valence-electron chi connectivity index (χ4n) is 2.91. The van der Waals surface area contributed by atoms with Gasteiger partial charge >= 0.3 is 0 Å². The number of carbonyl (C=O) groups excluding carboxylic acids is 1. The Hall–Kier alpha value is -2.24. The van der Waals surface area contributed by atoms with Crippen molar-refractivity contribution in [3.05, 3.63) is 23.8 Å². The SMILES string of the molecule is COc1ccc(/C=N/OC(C)C(=O)NC2CCCCCC2)cc1OC. The van der Waals surface area contributed by atoms with Gasteiger partial charge in [-0.15, -0.1) is 0 Å². The molecule has 1 fully saturated rings. The zero-order valence-corrected chi connectivity index (χ0v) is 15.3. The number of oxime groups is 1. The van der Waals surface area contributed by atoms with E-state index >= 15 is 0 Å².